The Morgan fingerprint density at radius 3 is 2.86 bits per heavy atom. The van der Waals surface area contributed by atoms with Gasteiger partial charge in [-0.25, -0.2) is 0 Å². The minimum atomic E-state index is -0.424. The highest BCUT2D eigenvalue weighted by Crippen LogP contribution is 2.25. The third-order valence-electron chi connectivity index (χ3n) is 1.99. The molecular formula is C11H15ClO2. The predicted octanol–water partition coefficient (Wildman–Crippen LogP) is 2.80. The van der Waals surface area contributed by atoms with Crippen LogP contribution in [-0.2, 0) is 0 Å². The zero-order valence-electron chi connectivity index (χ0n) is 8.46. The lowest BCUT2D eigenvalue weighted by Gasteiger charge is -2.11. The summed E-state index contributed by atoms with van der Waals surface area (Å²) in [7, 11) is 0. The third-order valence-corrected chi connectivity index (χ3v) is 2.30. The van der Waals surface area contributed by atoms with Crippen LogP contribution in [0.2, 0.25) is 5.02 Å². The summed E-state index contributed by atoms with van der Waals surface area (Å²) in [5.74, 6) is 0.638. The van der Waals surface area contributed by atoms with E-state index in [0.29, 0.717) is 23.8 Å². The number of hydrogen-bond donors (Lipinski definition) is 1. The van der Waals surface area contributed by atoms with Crippen LogP contribution in [0.4, 0.5) is 0 Å². The Hall–Kier alpha value is -0.730. The highest BCUT2D eigenvalue weighted by atomic mass is 35.5. The van der Waals surface area contributed by atoms with Gasteiger partial charge in [0.1, 0.15) is 12.4 Å². The predicted molar refractivity (Wildman–Crippen MR) is 58.0 cm³/mol. The van der Waals surface area contributed by atoms with E-state index in [0.717, 1.165) is 5.56 Å². The van der Waals surface area contributed by atoms with Crippen molar-refractivity contribution in [2.45, 2.75) is 26.4 Å². The van der Waals surface area contributed by atoms with Crippen molar-refractivity contribution < 1.29 is 9.84 Å². The molecule has 0 bridgehead atoms. The fourth-order valence-corrected chi connectivity index (χ4v) is 1.20. The molecule has 3 heteroatoms. The number of rotatable bonds is 4. The van der Waals surface area contributed by atoms with Crippen LogP contribution < -0.4 is 4.74 Å². The molecule has 0 spiro atoms. The normalized spacial score (nSPS) is 12.6. The van der Waals surface area contributed by atoms with Gasteiger partial charge in [-0.05, 0) is 31.0 Å². The Kier molecular flexibility index (Phi) is 4.23. The first-order valence-electron chi connectivity index (χ1n) is 4.70. The summed E-state index contributed by atoms with van der Waals surface area (Å²) in [5.41, 5.74) is 1.09. The number of halogens is 1. The molecule has 1 unspecified atom stereocenters. The van der Waals surface area contributed by atoms with Crippen LogP contribution in [0.25, 0.3) is 0 Å². The Labute approximate surface area is 89.5 Å². The van der Waals surface area contributed by atoms with Gasteiger partial charge in [-0.15, -0.1) is 0 Å². The van der Waals surface area contributed by atoms with Gasteiger partial charge in [0.2, 0.25) is 0 Å². The van der Waals surface area contributed by atoms with E-state index in [-0.39, 0.29) is 0 Å². The first-order chi connectivity index (χ1) is 6.63. The molecule has 0 aliphatic carbocycles. The molecule has 1 aromatic carbocycles. The molecule has 14 heavy (non-hydrogen) atoms. The summed E-state index contributed by atoms with van der Waals surface area (Å²) in [6, 6.07) is 5.58. The molecule has 0 heterocycles. The molecule has 0 aromatic heterocycles. The van der Waals surface area contributed by atoms with Gasteiger partial charge in [-0.3, -0.25) is 0 Å². The average molecular weight is 215 g/mol. The first kappa shape index (κ1) is 11.3. The van der Waals surface area contributed by atoms with Crippen LogP contribution in [0, 0.1) is 6.92 Å². The van der Waals surface area contributed by atoms with Crippen molar-refractivity contribution in [1.82, 2.24) is 0 Å². The molecule has 78 valence electrons. The van der Waals surface area contributed by atoms with Gasteiger partial charge in [0.25, 0.3) is 0 Å². The number of aryl methyl sites for hydroxylation is 1. The SMILES string of the molecule is CCC(O)COc1cc(C)ccc1Cl. The van der Waals surface area contributed by atoms with Gasteiger partial charge in [-0.2, -0.15) is 0 Å². The number of aliphatic hydroxyl groups is 1. The highest BCUT2D eigenvalue weighted by Gasteiger charge is 2.05. The number of ether oxygens (including phenoxy) is 1. The number of hydrogen-bond acceptors (Lipinski definition) is 2. The van der Waals surface area contributed by atoms with E-state index in [9.17, 15) is 5.11 Å². The van der Waals surface area contributed by atoms with Crippen LogP contribution in [-0.4, -0.2) is 17.8 Å². The van der Waals surface area contributed by atoms with Gasteiger partial charge < -0.3 is 9.84 Å². The Morgan fingerprint density at radius 1 is 1.50 bits per heavy atom. The van der Waals surface area contributed by atoms with Gasteiger partial charge in [0, 0.05) is 0 Å². The summed E-state index contributed by atoms with van der Waals surface area (Å²) in [5, 5.41) is 9.89. The standard InChI is InChI=1S/C11H15ClO2/c1-3-9(13)7-14-11-6-8(2)4-5-10(11)12/h4-6,9,13H,3,7H2,1-2H3. The lowest BCUT2D eigenvalue weighted by Crippen LogP contribution is -2.16. The number of aliphatic hydroxyl groups excluding tert-OH is 1. The van der Waals surface area contributed by atoms with Crippen LogP contribution >= 0.6 is 11.6 Å². The second-order valence-corrected chi connectivity index (χ2v) is 3.71. The average Bonchev–Trinajstić information content (AvgIpc) is 2.19. The molecule has 2 nitrogen and oxygen atoms in total. The van der Waals surface area contributed by atoms with Gasteiger partial charge in [0.15, 0.2) is 0 Å². The van der Waals surface area contributed by atoms with Crippen molar-refractivity contribution in [3.63, 3.8) is 0 Å². The minimum Gasteiger partial charge on any atom is -0.489 e. The third kappa shape index (κ3) is 3.20. The van der Waals surface area contributed by atoms with Crippen molar-refractivity contribution in [2.24, 2.45) is 0 Å². The first-order valence-corrected chi connectivity index (χ1v) is 5.08. The summed E-state index contributed by atoms with van der Waals surface area (Å²) in [6.45, 7) is 4.17. The van der Waals surface area contributed by atoms with E-state index in [4.69, 9.17) is 16.3 Å². The van der Waals surface area contributed by atoms with Crippen LogP contribution in [0.1, 0.15) is 18.9 Å². The molecule has 1 N–H and O–H groups in total. The summed E-state index contributed by atoms with van der Waals surface area (Å²) < 4.78 is 5.39. The largest absolute Gasteiger partial charge is 0.489 e. The lowest BCUT2D eigenvalue weighted by molar-refractivity contribution is 0.104. The molecule has 1 atom stereocenters. The summed E-state index contributed by atoms with van der Waals surface area (Å²) >= 11 is 5.92. The smallest absolute Gasteiger partial charge is 0.138 e. The zero-order chi connectivity index (χ0) is 10.6. The molecule has 0 radical (unpaired) electrons. The summed E-state index contributed by atoms with van der Waals surface area (Å²) in [6.07, 6.45) is 0.259. The van der Waals surface area contributed by atoms with Crippen molar-refractivity contribution >= 4 is 11.6 Å². The fraction of sp³-hybridized carbons (Fsp3) is 0.455. The molecule has 0 saturated carbocycles. The monoisotopic (exact) mass is 214 g/mol. The quantitative estimate of drug-likeness (QED) is 0.835. The molecule has 1 rings (SSSR count). The number of benzene rings is 1. The highest BCUT2D eigenvalue weighted by molar-refractivity contribution is 6.32. The van der Waals surface area contributed by atoms with E-state index in [2.05, 4.69) is 0 Å². The van der Waals surface area contributed by atoms with Crippen molar-refractivity contribution in [1.29, 1.82) is 0 Å². The van der Waals surface area contributed by atoms with E-state index in [1.165, 1.54) is 0 Å². The Morgan fingerprint density at radius 2 is 2.21 bits per heavy atom. The van der Waals surface area contributed by atoms with E-state index in [1.54, 1.807) is 6.07 Å². The second-order valence-electron chi connectivity index (χ2n) is 3.31. The van der Waals surface area contributed by atoms with Gasteiger partial charge in [-0.1, -0.05) is 24.6 Å². The summed E-state index contributed by atoms with van der Waals surface area (Å²) in [4.78, 5) is 0. The molecule has 0 fully saturated rings. The van der Waals surface area contributed by atoms with E-state index in [1.807, 2.05) is 26.0 Å². The maximum absolute atomic E-state index is 9.31. The molecule has 0 amide bonds. The van der Waals surface area contributed by atoms with Crippen molar-refractivity contribution in [3.8, 4) is 5.75 Å². The van der Waals surface area contributed by atoms with Crippen LogP contribution in [0.5, 0.6) is 5.75 Å². The van der Waals surface area contributed by atoms with Crippen LogP contribution in [0.3, 0.4) is 0 Å². The van der Waals surface area contributed by atoms with Crippen LogP contribution in [0.15, 0.2) is 18.2 Å². The van der Waals surface area contributed by atoms with Gasteiger partial charge in [0.05, 0.1) is 11.1 Å². The van der Waals surface area contributed by atoms with Gasteiger partial charge >= 0.3 is 0 Å². The van der Waals surface area contributed by atoms with Crippen molar-refractivity contribution in [2.75, 3.05) is 6.61 Å². The molecule has 0 aliphatic rings. The van der Waals surface area contributed by atoms with E-state index >= 15 is 0 Å². The Bertz CT molecular complexity index is 299. The van der Waals surface area contributed by atoms with Crippen molar-refractivity contribution in [3.05, 3.63) is 28.8 Å². The zero-order valence-corrected chi connectivity index (χ0v) is 9.21. The van der Waals surface area contributed by atoms with E-state index < -0.39 is 6.10 Å². The fourth-order valence-electron chi connectivity index (χ4n) is 1.03. The maximum Gasteiger partial charge on any atom is 0.138 e. The molecule has 0 aliphatic heterocycles. The Balaban J connectivity index is 2.62. The molecular weight excluding hydrogens is 200 g/mol. The second kappa shape index (κ2) is 5.23. The molecule has 1 aromatic rings. The maximum atomic E-state index is 9.31. The topological polar surface area (TPSA) is 29.5 Å². The molecule has 0 saturated heterocycles. The minimum absolute atomic E-state index is 0.291. The lowest BCUT2D eigenvalue weighted by atomic mass is 10.2.